The van der Waals surface area contributed by atoms with Gasteiger partial charge in [-0.05, 0) is 12.5 Å². The third kappa shape index (κ3) is 2.58. The van der Waals surface area contributed by atoms with Crippen molar-refractivity contribution in [2.45, 2.75) is 13.3 Å². The maximum absolute atomic E-state index is 12.2. The highest BCUT2D eigenvalue weighted by Crippen LogP contribution is 2.23. The Morgan fingerprint density at radius 1 is 1.47 bits per heavy atom. The van der Waals surface area contributed by atoms with Gasteiger partial charge in [0.05, 0.1) is 5.56 Å². The van der Waals surface area contributed by atoms with Crippen molar-refractivity contribution in [2.24, 2.45) is 0 Å². The van der Waals surface area contributed by atoms with E-state index in [1.165, 1.54) is 0 Å². The minimum Gasteiger partial charge on any atom is -0.458 e. The lowest BCUT2D eigenvalue weighted by atomic mass is 10.0. The van der Waals surface area contributed by atoms with Crippen LogP contribution in [0.5, 0.6) is 0 Å². The summed E-state index contributed by atoms with van der Waals surface area (Å²) >= 11 is 5.31. The summed E-state index contributed by atoms with van der Waals surface area (Å²) in [6, 6.07) is 7.58. The highest BCUT2D eigenvalue weighted by Gasteiger charge is 2.17. The third-order valence-electron chi connectivity index (χ3n) is 2.91. The summed E-state index contributed by atoms with van der Waals surface area (Å²) in [5, 5.41) is 0.835. The molecule has 0 saturated carbocycles. The summed E-state index contributed by atoms with van der Waals surface area (Å²) in [7, 11) is 0. The van der Waals surface area contributed by atoms with Gasteiger partial charge >= 0.3 is 5.97 Å². The van der Waals surface area contributed by atoms with Gasteiger partial charge in [-0.1, -0.05) is 50.0 Å². The van der Waals surface area contributed by atoms with Crippen LogP contribution in [0.25, 0.3) is 10.9 Å². The summed E-state index contributed by atoms with van der Waals surface area (Å²) < 4.78 is 5.76. The first-order valence-corrected chi connectivity index (χ1v) is 6.51. The number of esters is 1. The average Bonchev–Trinajstić information content (AvgIpc) is 2.43. The van der Waals surface area contributed by atoms with Crippen LogP contribution in [0.2, 0.25) is 0 Å². The van der Waals surface area contributed by atoms with Gasteiger partial charge in [0, 0.05) is 16.5 Å². The van der Waals surface area contributed by atoms with Crippen molar-refractivity contribution in [2.75, 3.05) is 6.61 Å². The molecule has 98 valence electrons. The first-order chi connectivity index (χ1) is 9.19. The molecule has 1 aromatic carbocycles. The topological polar surface area (TPSA) is 42.1 Å². The number of H-pyrrole nitrogens is 1. The Hall–Kier alpha value is -1.94. The minimum absolute atomic E-state index is 0.196. The van der Waals surface area contributed by atoms with Crippen molar-refractivity contribution >= 4 is 29.1 Å². The molecular formula is C15H15NO2S. The van der Waals surface area contributed by atoms with E-state index in [4.69, 9.17) is 17.0 Å². The SMILES string of the molecule is C=CCOC(=O)c1c(CC)c(=S)[nH]c2ccccc12. The summed E-state index contributed by atoms with van der Waals surface area (Å²) in [5.74, 6) is -0.354. The van der Waals surface area contributed by atoms with E-state index in [9.17, 15) is 4.79 Å². The first kappa shape index (κ1) is 13.5. The normalized spacial score (nSPS) is 10.4. The molecule has 1 heterocycles. The van der Waals surface area contributed by atoms with Crippen LogP contribution in [0.15, 0.2) is 36.9 Å². The van der Waals surface area contributed by atoms with Crippen LogP contribution in [0.4, 0.5) is 0 Å². The molecule has 0 unspecified atom stereocenters. The van der Waals surface area contributed by atoms with E-state index in [-0.39, 0.29) is 12.6 Å². The van der Waals surface area contributed by atoms with E-state index in [2.05, 4.69) is 11.6 Å². The number of carbonyl (C=O) groups is 1. The fraction of sp³-hybridized carbons (Fsp3) is 0.200. The molecule has 3 nitrogen and oxygen atoms in total. The monoisotopic (exact) mass is 273 g/mol. The maximum atomic E-state index is 12.2. The predicted molar refractivity (Wildman–Crippen MR) is 79.0 cm³/mol. The Morgan fingerprint density at radius 3 is 2.89 bits per heavy atom. The van der Waals surface area contributed by atoms with E-state index in [0.29, 0.717) is 16.6 Å². The second kappa shape index (κ2) is 5.80. The van der Waals surface area contributed by atoms with Gasteiger partial charge in [-0.2, -0.15) is 0 Å². The van der Waals surface area contributed by atoms with E-state index in [1.54, 1.807) is 6.08 Å². The Balaban J connectivity index is 2.70. The van der Waals surface area contributed by atoms with Gasteiger partial charge in [0.1, 0.15) is 11.2 Å². The number of carbonyl (C=O) groups excluding carboxylic acids is 1. The predicted octanol–water partition coefficient (Wildman–Crippen LogP) is 3.80. The average molecular weight is 273 g/mol. The molecule has 4 heteroatoms. The first-order valence-electron chi connectivity index (χ1n) is 6.11. The zero-order valence-corrected chi connectivity index (χ0v) is 11.5. The lowest BCUT2D eigenvalue weighted by Gasteiger charge is -2.11. The minimum atomic E-state index is -0.354. The molecule has 0 aliphatic carbocycles. The van der Waals surface area contributed by atoms with Crippen molar-refractivity contribution in [3.05, 3.63) is 52.7 Å². The standard InChI is InChI=1S/C15H15NO2S/c1-3-9-18-15(17)13-10(4-2)14(19)16-12-8-6-5-7-11(12)13/h3,5-8H,1,4,9H2,2H3,(H,16,19). The number of ether oxygens (including phenoxy) is 1. The fourth-order valence-corrected chi connectivity index (χ4v) is 2.42. The Morgan fingerprint density at radius 2 is 2.21 bits per heavy atom. The third-order valence-corrected chi connectivity index (χ3v) is 3.26. The van der Waals surface area contributed by atoms with Crippen LogP contribution in [0.1, 0.15) is 22.8 Å². The molecule has 0 radical (unpaired) electrons. The Labute approximate surface area is 116 Å². The van der Waals surface area contributed by atoms with Gasteiger partial charge in [0.2, 0.25) is 0 Å². The quantitative estimate of drug-likeness (QED) is 0.523. The second-order valence-electron chi connectivity index (χ2n) is 4.09. The number of hydrogen-bond donors (Lipinski definition) is 1. The molecule has 0 amide bonds. The number of aromatic amines is 1. The highest BCUT2D eigenvalue weighted by atomic mass is 32.1. The van der Waals surface area contributed by atoms with Crippen molar-refractivity contribution in [1.82, 2.24) is 4.98 Å². The molecule has 0 atom stereocenters. The van der Waals surface area contributed by atoms with Crippen LogP contribution in [0, 0.1) is 4.64 Å². The van der Waals surface area contributed by atoms with Crippen molar-refractivity contribution in [3.63, 3.8) is 0 Å². The fourth-order valence-electron chi connectivity index (χ4n) is 2.06. The Bertz CT molecular complexity index is 688. The lowest BCUT2D eigenvalue weighted by molar-refractivity contribution is 0.0550. The van der Waals surface area contributed by atoms with Crippen LogP contribution in [-0.4, -0.2) is 17.6 Å². The zero-order chi connectivity index (χ0) is 13.8. The molecule has 0 saturated heterocycles. The molecule has 1 aromatic heterocycles. The second-order valence-corrected chi connectivity index (χ2v) is 4.50. The number of fused-ring (bicyclic) bond motifs is 1. The van der Waals surface area contributed by atoms with Gasteiger partial charge in [0.15, 0.2) is 0 Å². The van der Waals surface area contributed by atoms with E-state index in [0.717, 1.165) is 16.5 Å². The molecular weight excluding hydrogens is 258 g/mol. The number of aromatic nitrogens is 1. The van der Waals surface area contributed by atoms with Crippen molar-refractivity contribution in [3.8, 4) is 0 Å². The van der Waals surface area contributed by atoms with E-state index >= 15 is 0 Å². The van der Waals surface area contributed by atoms with Gasteiger partial charge < -0.3 is 9.72 Å². The molecule has 0 bridgehead atoms. The summed E-state index contributed by atoms with van der Waals surface area (Å²) in [6.45, 7) is 5.71. The van der Waals surface area contributed by atoms with Gasteiger partial charge in [0.25, 0.3) is 0 Å². The van der Waals surface area contributed by atoms with Crippen molar-refractivity contribution in [1.29, 1.82) is 0 Å². The molecule has 0 aliphatic heterocycles. The number of para-hydroxylation sites is 1. The summed E-state index contributed by atoms with van der Waals surface area (Å²) in [5.41, 5.74) is 2.22. The van der Waals surface area contributed by atoms with Crippen LogP contribution in [-0.2, 0) is 11.2 Å². The number of rotatable bonds is 4. The number of hydrogen-bond acceptors (Lipinski definition) is 3. The smallest absolute Gasteiger partial charge is 0.339 e. The highest BCUT2D eigenvalue weighted by molar-refractivity contribution is 7.71. The number of nitrogens with one attached hydrogen (secondary N) is 1. The van der Waals surface area contributed by atoms with Crippen LogP contribution >= 0.6 is 12.2 Å². The largest absolute Gasteiger partial charge is 0.458 e. The van der Waals surface area contributed by atoms with Gasteiger partial charge in [-0.25, -0.2) is 4.79 Å². The van der Waals surface area contributed by atoms with E-state index in [1.807, 2.05) is 31.2 Å². The van der Waals surface area contributed by atoms with Crippen LogP contribution in [0.3, 0.4) is 0 Å². The van der Waals surface area contributed by atoms with Gasteiger partial charge in [-0.3, -0.25) is 0 Å². The van der Waals surface area contributed by atoms with Crippen LogP contribution < -0.4 is 0 Å². The lowest BCUT2D eigenvalue weighted by Crippen LogP contribution is -2.10. The Kier molecular flexibility index (Phi) is 4.12. The van der Waals surface area contributed by atoms with Crippen molar-refractivity contribution < 1.29 is 9.53 Å². The molecule has 0 fully saturated rings. The molecule has 0 spiro atoms. The number of benzene rings is 1. The molecule has 0 aliphatic rings. The molecule has 19 heavy (non-hydrogen) atoms. The summed E-state index contributed by atoms with van der Waals surface area (Å²) in [6.07, 6.45) is 2.23. The number of pyridine rings is 1. The molecule has 2 rings (SSSR count). The molecule has 1 N–H and O–H groups in total. The summed E-state index contributed by atoms with van der Waals surface area (Å²) in [4.78, 5) is 15.4. The van der Waals surface area contributed by atoms with E-state index < -0.39 is 0 Å². The molecule has 2 aromatic rings. The van der Waals surface area contributed by atoms with Gasteiger partial charge in [-0.15, -0.1) is 0 Å². The zero-order valence-electron chi connectivity index (χ0n) is 10.7. The maximum Gasteiger partial charge on any atom is 0.339 e.